The fraction of sp³-hybridized carbons (Fsp3) is 0.226. The maximum absolute atomic E-state index is 2.37. The van der Waals surface area contributed by atoms with E-state index in [0.717, 1.165) is 13.1 Å². The first-order valence-corrected chi connectivity index (χ1v) is 11.8. The number of nitrogens with zero attached hydrogens (tertiary/aromatic N) is 2. The van der Waals surface area contributed by atoms with Crippen LogP contribution in [-0.4, -0.2) is 38.0 Å². The maximum Gasteiger partial charge on any atom is 0.0731 e. The molecule has 33 heavy (non-hydrogen) atoms. The predicted octanol–water partition coefficient (Wildman–Crippen LogP) is 6.15. The van der Waals surface area contributed by atoms with E-state index in [1.54, 1.807) is 0 Å². The van der Waals surface area contributed by atoms with E-state index in [4.69, 9.17) is 0 Å². The Bertz CT molecular complexity index is 1270. The van der Waals surface area contributed by atoms with Gasteiger partial charge < -0.3 is 9.80 Å². The van der Waals surface area contributed by atoms with Gasteiger partial charge in [-0.05, 0) is 83.8 Å². The van der Waals surface area contributed by atoms with Crippen LogP contribution in [0.4, 0.5) is 0 Å². The van der Waals surface area contributed by atoms with Gasteiger partial charge in [0.25, 0.3) is 0 Å². The number of hydrogen-bond donors (Lipinski definition) is 0. The molecule has 0 saturated heterocycles. The molecular weight excluding hydrogens is 400 g/mol. The van der Waals surface area contributed by atoms with E-state index in [0.29, 0.717) is 0 Å². The maximum atomic E-state index is 2.37. The first-order chi connectivity index (χ1) is 16.0. The van der Waals surface area contributed by atoms with Crippen LogP contribution in [0.5, 0.6) is 0 Å². The summed E-state index contributed by atoms with van der Waals surface area (Å²) in [5.41, 5.74) is 13.8. The molecule has 0 amide bonds. The van der Waals surface area contributed by atoms with Crippen molar-refractivity contribution in [2.45, 2.75) is 18.5 Å². The highest BCUT2D eigenvalue weighted by Gasteiger charge is 2.53. The summed E-state index contributed by atoms with van der Waals surface area (Å²) in [7, 11) is 8.68. The molecule has 0 aliphatic heterocycles. The van der Waals surface area contributed by atoms with Crippen LogP contribution < -0.4 is 0 Å². The molecular formula is C31H30N2. The minimum absolute atomic E-state index is 0.281. The Morgan fingerprint density at radius 1 is 0.485 bits per heavy atom. The second-order valence-corrected chi connectivity index (χ2v) is 10.00. The Kier molecular flexibility index (Phi) is 4.58. The van der Waals surface area contributed by atoms with Crippen molar-refractivity contribution in [2.75, 3.05) is 28.2 Å². The zero-order chi connectivity index (χ0) is 22.7. The number of fused-ring (bicyclic) bond motifs is 10. The number of rotatable bonds is 4. The third kappa shape index (κ3) is 2.75. The van der Waals surface area contributed by atoms with Crippen molar-refractivity contribution in [3.05, 3.63) is 118 Å². The highest BCUT2D eigenvalue weighted by atomic mass is 15.1. The fourth-order valence-corrected chi connectivity index (χ4v) is 6.38. The highest BCUT2D eigenvalue weighted by molar-refractivity contribution is 5.96. The average molecular weight is 431 g/mol. The Morgan fingerprint density at radius 2 is 0.879 bits per heavy atom. The van der Waals surface area contributed by atoms with Crippen molar-refractivity contribution in [1.29, 1.82) is 0 Å². The molecule has 2 aliphatic carbocycles. The zero-order valence-electron chi connectivity index (χ0n) is 19.9. The van der Waals surface area contributed by atoms with Crippen LogP contribution in [-0.2, 0) is 18.5 Å². The van der Waals surface area contributed by atoms with E-state index < -0.39 is 0 Å². The molecule has 0 N–H and O–H groups in total. The molecule has 0 heterocycles. The Morgan fingerprint density at radius 3 is 1.30 bits per heavy atom. The molecule has 1 spiro atoms. The first kappa shape index (κ1) is 20.4. The van der Waals surface area contributed by atoms with Gasteiger partial charge in [-0.2, -0.15) is 0 Å². The van der Waals surface area contributed by atoms with Crippen molar-refractivity contribution in [3.63, 3.8) is 0 Å². The average Bonchev–Trinajstić information content (AvgIpc) is 3.27. The molecule has 0 bridgehead atoms. The van der Waals surface area contributed by atoms with Gasteiger partial charge in [0, 0.05) is 13.1 Å². The Hall–Kier alpha value is -3.20. The van der Waals surface area contributed by atoms with Crippen LogP contribution in [0, 0.1) is 0 Å². The number of hydrogen-bond acceptors (Lipinski definition) is 2. The molecule has 0 saturated carbocycles. The van der Waals surface area contributed by atoms with Crippen LogP contribution in [0.3, 0.4) is 0 Å². The molecule has 4 aromatic carbocycles. The minimum atomic E-state index is -0.281. The van der Waals surface area contributed by atoms with Crippen molar-refractivity contribution in [1.82, 2.24) is 9.80 Å². The molecule has 0 unspecified atom stereocenters. The molecule has 4 aromatic rings. The molecule has 0 aromatic heterocycles. The summed E-state index contributed by atoms with van der Waals surface area (Å²) >= 11 is 0. The van der Waals surface area contributed by atoms with Gasteiger partial charge in [0.05, 0.1) is 5.41 Å². The lowest BCUT2D eigenvalue weighted by molar-refractivity contribution is 0.397. The Balaban J connectivity index is 1.82. The fourth-order valence-electron chi connectivity index (χ4n) is 6.38. The number of benzene rings is 4. The van der Waals surface area contributed by atoms with Crippen molar-refractivity contribution in [3.8, 4) is 22.3 Å². The lowest BCUT2D eigenvalue weighted by atomic mass is 9.68. The van der Waals surface area contributed by atoms with E-state index in [-0.39, 0.29) is 5.41 Å². The van der Waals surface area contributed by atoms with E-state index >= 15 is 0 Å². The van der Waals surface area contributed by atoms with Gasteiger partial charge in [-0.15, -0.1) is 0 Å². The zero-order valence-corrected chi connectivity index (χ0v) is 19.9. The van der Waals surface area contributed by atoms with Gasteiger partial charge in [0.1, 0.15) is 0 Å². The van der Waals surface area contributed by atoms with Crippen molar-refractivity contribution in [2.24, 2.45) is 0 Å². The highest BCUT2D eigenvalue weighted by Crippen LogP contribution is 2.64. The second-order valence-electron chi connectivity index (χ2n) is 10.00. The Labute approximate surface area is 197 Å². The van der Waals surface area contributed by atoms with E-state index in [1.807, 2.05) is 0 Å². The third-order valence-corrected chi connectivity index (χ3v) is 7.27. The van der Waals surface area contributed by atoms with Gasteiger partial charge in [-0.25, -0.2) is 0 Å². The molecule has 0 radical (unpaired) electrons. The standard InChI is InChI=1S/C31H30N2/c1-32(2)19-21-11-9-15-25-23-13-5-7-17-27(23)31(29(21)25)28-18-8-6-14-24(28)26-16-10-12-22(30(26)31)20-33(3)4/h5-18H,19-20H2,1-4H3. The lowest BCUT2D eigenvalue weighted by Crippen LogP contribution is -2.30. The van der Waals surface area contributed by atoms with Crippen LogP contribution >= 0.6 is 0 Å². The summed E-state index contributed by atoms with van der Waals surface area (Å²) in [5, 5.41) is 0. The third-order valence-electron chi connectivity index (χ3n) is 7.27. The monoisotopic (exact) mass is 430 g/mol. The van der Waals surface area contributed by atoms with E-state index in [9.17, 15) is 0 Å². The summed E-state index contributed by atoms with van der Waals surface area (Å²) in [5.74, 6) is 0. The molecule has 0 fully saturated rings. The van der Waals surface area contributed by atoms with Gasteiger partial charge in [-0.1, -0.05) is 84.9 Å². The topological polar surface area (TPSA) is 6.48 Å². The summed E-state index contributed by atoms with van der Waals surface area (Å²) in [6.07, 6.45) is 0. The second kappa shape index (κ2) is 7.41. The summed E-state index contributed by atoms with van der Waals surface area (Å²) in [4.78, 5) is 4.58. The molecule has 6 rings (SSSR count). The van der Waals surface area contributed by atoms with Crippen LogP contribution in [0.2, 0.25) is 0 Å². The summed E-state index contributed by atoms with van der Waals surface area (Å²) in [6, 6.07) is 32.0. The van der Waals surface area contributed by atoms with Crippen LogP contribution in [0.15, 0.2) is 84.9 Å². The molecule has 2 nitrogen and oxygen atoms in total. The SMILES string of the molecule is CN(C)Cc1cccc2c1C1(c3ccccc3-2)c2ccccc2-c2cccc(CN(C)C)c21. The van der Waals surface area contributed by atoms with Gasteiger partial charge in [-0.3, -0.25) is 0 Å². The van der Waals surface area contributed by atoms with Gasteiger partial charge in [0.15, 0.2) is 0 Å². The molecule has 2 aliphatic rings. The predicted molar refractivity (Wildman–Crippen MR) is 138 cm³/mol. The largest absolute Gasteiger partial charge is 0.305 e. The van der Waals surface area contributed by atoms with Gasteiger partial charge >= 0.3 is 0 Å². The molecule has 0 atom stereocenters. The molecule has 2 heteroatoms. The van der Waals surface area contributed by atoms with Crippen LogP contribution in [0.25, 0.3) is 22.3 Å². The van der Waals surface area contributed by atoms with Crippen molar-refractivity contribution >= 4 is 0 Å². The first-order valence-electron chi connectivity index (χ1n) is 11.8. The van der Waals surface area contributed by atoms with E-state index in [1.165, 1.54) is 55.6 Å². The van der Waals surface area contributed by atoms with Gasteiger partial charge in [0.2, 0.25) is 0 Å². The van der Waals surface area contributed by atoms with Crippen molar-refractivity contribution < 1.29 is 0 Å². The minimum Gasteiger partial charge on any atom is -0.305 e. The lowest BCUT2D eigenvalue weighted by Gasteiger charge is -2.34. The van der Waals surface area contributed by atoms with Crippen LogP contribution in [0.1, 0.15) is 33.4 Å². The normalized spacial score (nSPS) is 14.5. The quantitative estimate of drug-likeness (QED) is 0.331. The summed E-state index contributed by atoms with van der Waals surface area (Å²) in [6.45, 7) is 1.85. The van der Waals surface area contributed by atoms with E-state index in [2.05, 4.69) is 123 Å². The smallest absolute Gasteiger partial charge is 0.0731 e. The molecule has 164 valence electrons. The summed E-state index contributed by atoms with van der Waals surface area (Å²) < 4.78 is 0.